The highest BCUT2D eigenvalue weighted by atomic mass is 16.5. The van der Waals surface area contributed by atoms with Crippen LogP contribution in [0.15, 0.2) is 24.3 Å². The predicted molar refractivity (Wildman–Crippen MR) is 67.8 cm³/mol. The number of carbonyl (C=O) groups excluding carboxylic acids is 2. The van der Waals surface area contributed by atoms with Gasteiger partial charge in [0.25, 0.3) is 0 Å². The number of nitrogens with one attached hydrogen (secondary N) is 1. The van der Waals surface area contributed by atoms with Crippen LogP contribution < -0.4 is 10.2 Å². The van der Waals surface area contributed by atoms with Crippen LogP contribution in [0.4, 0.5) is 5.69 Å². The zero-order chi connectivity index (χ0) is 13.0. The lowest BCUT2D eigenvalue weighted by molar-refractivity contribution is -0.124. The quantitative estimate of drug-likeness (QED) is 0.789. The van der Waals surface area contributed by atoms with Crippen molar-refractivity contribution >= 4 is 17.9 Å². The molecule has 1 aromatic rings. The summed E-state index contributed by atoms with van der Waals surface area (Å²) in [6.45, 7) is 1.65. The van der Waals surface area contributed by atoms with Crippen molar-refractivity contribution in [2.45, 2.75) is 6.04 Å². The van der Waals surface area contributed by atoms with E-state index in [-0.39, 0.29) is 11.9 Å². The summed E-state index contributed by atoms with van der Waals surface area (Å²) in [5.41, 5.74) is 1.56. The molecule has 1 N–H and O–H groups in total. The maximum atomic E-state index is 11.8. The Balaban J connectivity index is 2.21. The van der Waals surface area contributed by atoms with Crippen LogP contribution in [0.5, 0.6) is 0 Å². The number of rotatable bonds is 3. The summed E-state index contributed by atoms with van der Waals surface area (Å²) in [6.07, 6.45) is 0.805. The lowest BCUT2D eigenvalue weighted by Crippen LogP contribution is -2.53. The molecule has 5 nitrogen and oxygen atoms in total. The van der Waals surface area contributed by atoms with Gasteiger partial charge in [0.15, 0.2) is 0 Å². The van der Waals surface area contributed by atoms with Crippen molar-refractivity contribution in [2.75, 3.05) is 31.7 Å². The van der Waals surface area contributed by atoms with E-state index in [0.717, 1.165) is 12.0 Å². The van der Waals surface area contributed by atoms with Gasteiger partial charge in [-0.2, -0.15) is 0 Å². The minimum atomic E-state index is -0.314. The monoisotopic (exact) mass is 248 g/mol. The van der Waals surface area contributed by atoms with Crippen molar-refractivity contribution in [1.82, 2.24) is 5.32 Å². The van der Waals surface area contributed by atoms with Crippen molar-refractivity contribution in [2.24, 2.45) is 0 Å². The number of anilines is 1. The Kier molecular flexibility index (Phi) is 3.94. The highest BCUT2D eigenvalue weighted by molar-refractivity contribution is 5.85. The van der Waals surface area contributed by atoms with E-state index in [1.807, 2.05) is 17.0 Å². The highest BCUT2D eigenvalue weighted by Gasteiger charge is 2.28. The van der Waals surface area contributed by atoms with Gasteiger partial charge in [0, 0.05) is 24.8 Å². The number of likely N-dealkylation sites (N-methyl/N-ethyl adjacent to an activating group) is 1. The fourth-order valence-electron chi connectivity index (χ4n) is 2.04. The zero-order valence-corrected chi connectivity index (χ0v) is 10.3. The smallest absolute Gasteiger partial charge is 0.244 e. The molecule has 1 saturated heterocycles. The van der Waals surface area contributed by atoms with Gasteiger partial charge in [-0.05, 0) is 24.3 Å². The highest BCUT2D eigenvalue weighted by Crippen LogP contribution is 2.20. The number of amides is 1. The number of nitrogens with zero attached hydrogens (tertiary/aromatic N) is 1. The Morgan fingerprint density at radius 2 is 2.17 bits per heavy atom. The van der Waals surface area contributed by atoms with Gasteiger partial charge in [0.05, 0.1) is 13.2 Å². The molecule has 18 heavy (non-hydrogen) atoms. The van der Waals surface area contributed by atoms with Gasteiger partial charge >= 0.3 is 0 Å². The molecule has 1 fully saturated rings. The van der Waals surface area contributed by atoms with Crippen molar-refractivity contribution in [3.8, 4) is 0 Å². The first-order valence-corrected chi connectivity index (χ1v) is 5.87. The molecule has 96 valence electrons. The van der Waals surface area contributed by atoms with Crippen LogP contribution in [0, 0.1) is 0 Å². The molecule has 1 aromatic carbocycles. The van der Waals surface area contributed by atoms with E-state index in [4.69, 9.17) is 4.74 Å². The van der Waals surface area contributed by atoms with Crippen molar-refractivity contribution < 1.29 is 14.3 Å². The van der Waals surface area contributed by atoms with E-state index in [9.17, 15) is 9.59 Å². The van der Waals surface area contributed by atoms with Crippen LogP contribution >= 0.6 is 0 Å². The number of carbonyl (C=O) groups is 2. The first-order chi connectivity index (χ1) is 8.76. The summed E-state index contributed by atoms with van der Waals surface area (Å²) in [7, 11) is 1.62. The maximum Gasteiger partial charge on any atom is 0.244 e. The van der Waals surface area contributed by atoms with Crippen LogP contribution in [0.1, 0.15) is 10.4 Å². The maximum absolute atomic E-state index is 11.8. The Labute approximate surface area is 106 Å². The van der Waals surface area contributed by atoms with Crippen LogP contribution in [0.3, 0.4) is 0 Å². The van der Waals surface area contributed by atoms with E-state index in [0.29, 0.717) is 25.3 Å². The van der Waals surface area contributed by atoms with Crippen molar-refractivity contribution in [3.05, 3.63) is 29.8 Å². The Morgan fingerprint density at radius 3 is 2.78 bits per heavy atom. The fraction of sp³-hybridized carbons (Fsp3) is 0.385. The Bertz CT molecular complexity index is 430. The second-order valence-electron chi connectivity index (χ2n) is 4.11. The first kappa shape index (κ1) is 12.6. The molecule has 1 atom stereocenters. The molecule has 1 heterocycles. The van der Waals surface area contributed by atoms with Gasteiger partial charge in [-0.1, -0.05) is 0 Å². The van der Waals surface area contributed by atoms with E-state index >= 15 is 0 Å². The third-order valence-corrected chi connectivity index (χ3v) is 3.04. The number of morpholine rings is 1. The molecule has 5 heteroatoms. The fourth-order valence-corrected chi connectivity index (χ4v) is 2.04. The number of aldehydes is 1. The van der Waals surface area contributed by atoms with Crippen molar-refractivity contribution in [3.63, 3.8) is 0 Å². The summed E-state index contributed by atoms with van der Waals surface area (Å²) < 4.78 is 5.34. The average molecular weight is 248 g/mol. The van der Waals surface area contributed by atoms with E-state index in [1.165, 1.54) is 0 Å². The van der Waals surface area contributed by atoms with E-state index in [1.54, 1.807) is 19.2 Å². The average Bonchev–Trinajstić information content (AvgIpc) is 2.46. The number of benzene rings is 1. The van der Waals surface area contributed by atoms with Gasteiger partial charge in [-0.25, -0.2) is 0 Å². The topological polar surface area (TPSA) is 58.6 Å². The number of ether oxygens (including phenoxy) is 1. The molecule has 0 aliphatic carbocycles. The van der Waals surface area contributed by atoms with E-state index < -0.39 is 0 Å². The van der Waals surface area contributed by atoms with Crippen LogP contribution in [-0.4, -0.2) is 45.0 Å². The molecule has 1 unspecified atom stereocenters. The molecular weight excluding hydrogens is 232 g/mol. The summed E-state index contributed by atoms with van der Waals surface area (Å²) >= 11 is 0. The normalized spacial score (nSPS) is 19.4. The first-order valence-electron chi connectivity index (χ1n) is 5.87. The molecule has 0 spiro atoms. The Morgan fingerprint density at radius 1 is 1.44 bits per heavy atom. The lowest BCUT2D eigenvalue weighted by Gasteiger charge is -2.36. The molecule has 2 rings (SSSR count). The summed E-state index contributed by atoms with van der Waals surface area (Å²) in [4.78, 5) is 24.4. The van der Waals surface area contributed by atoms with Gasteiger partial charge in [0.2, 0.25) is 5.91 Å². The third-order valence-electron chi connectivity index (χ3n) is 3.04. The number of hydrogen-bond acceptors (Lipinski definition) is 4. The van der Waals surface area contributed by atoms with Crippen LogP contribution in [0.25, 0.3) is 0 Å². The summed E-state index contributed by atoms with van der Waals surface area (Å²) in [5, 5.41) is 2.64. The molecule has 1 aliphatic rings. The largest absolute Gasteiger partial charge is 0.377 e. The van der Waals surface area contributed by atoms with Gasteiger partial charge in [-0.15, -0.1) is 0 Å². The van der Waals surface area contributed by atoms with Gasteiger partial charge in [0.1, 0.15) is 12.3 Å². The zero-order valence-electron chi connectivity index (χ0n) is 10.3. The SMILES string of the molecule is CNC(=O)C1COCCN1c1ccc(C=O)cc1. The molecule has 0 saturated carbocycles. The molecular formula is C13H16N2O3. The molecule has 0 aromatic heterocycles. The predicted octanol–water partition coefficient (Wildman–Crippen LogP) is 0.450. The molecule has 0 radical (unpaired) electrons. The Hall–Kier alpha value is -1.88. The summed E-state index contributed by atoms with van der Waals surface area (Å²) in [6, 6.07) is 6.89. The molecule has 1 aliphatic heterocycles. The van der Waals surface area contributed by atoms with E-state index in [2.05, 4.69) is 5.32 Å². The summed E-state index contributed by atoms with van der Waals surface area (Å²) in [5.74, 6) is -0.0610. The second-order valence-corrected chi connectivity index (χ2v) is 4.11. The minimum Gasteiger partial charge on any atom is -0.377 e. The molecule has 1 amide bonds. The van der Waals surface area contributed by atoms with Gasteiger partial charge in [-0.3, -0.25) is 9.59 Å². The second kappa shape index (κ2) is 5.64. The third kappa shape index (κ3) is 2.51. The van der Waals surface area contributed by atoms with Crippen LogP contribution in [0.2, 0.25) is 0 Å². The van der Waals surface area contributed by atoms with Crippen molar-refractivity contribution in [1.29, 1.82) is 0 Å². The standard InChI is InChI=1S/C13H16N2O3/c1-14-13(17)12-9-18-7-6-15(12)11-4-2-10(8-16)3-5-11/h2-5,8,12H,6-7,9H2,1H3,(H,14,17). The lowest BCUT2D eigenvalue weighted by atomic mass is 10.1. The van der Waals surface area contributed by atoms with Crippen LogP contribution in [-0.2, 0) is 9.53 Å². The molecule has 0 bridgehead atoms. The number of hydrogen-bond donors (Lipinski definition) is 1. The minimum absolute atomic E-state index is 0.0610. The van der Waals surface area contributed by atoms with Gasteiger partial charge < -0.3 is 15.0 Å².